The fourth-order valence-corrected chi connectivity index (χ4v) is 3.03. The zero-order valence-corrected chi connectivity index (χ0v) is 16.0. The van der Waals surface area contributed by atoms with E-state index in [1.807, 2.05) is 6.92 Å². The number of carbonyl (C=O) groups excluding carboxylic acids is 1. The molecule has 0 aliphatic carbocycles. The number of fused-ring (bicyclic) bond motifs is 1. The highest BCUT2D eigenvalue weighted by Gasteiger charge is 2.25. The zero-order chi connectivity index (χ0) is 21.0. The molecule has 7 nitrogen and oxygen atoms in total. The first-order chi connectivity index (χ1) is 13.9. The van der Waals surface area contributed by atoms with Crippen LogP contribution >= 0.6 is 0 Å². The maximum absolute atomic E-state index is 12.5. The smallest absolute Gasteiger partial charge is 0.336 e. The van der Waals surface area contributed by atoms with Crippen LogP contribution in [0.4, 0.5) is 0 Å². The minimum absolute atomic E-state index is 0.336. The fraction of sp³-hybridized carbons (Fsp3) is 0.227. The standard InChI is InChI=1S/C22H21NO6/c1-3-14-11-19(24)29-18-12-16(9-10-17(14)18)28-13(2)21(25)23-20(22(26)27)15-7-5-4-6-8-15/h4-13,20H,3H2,1-2H3,(H,23,25)(H,26,27). The number of aryl methyl sites for hydroxylation is 1. The molecule has 1 amide bonds. The van der Waals surface area contributed by atoms with Gasteiger partial charge in [-0.2, -0.15) is 0 Å². The number of benzene rings is 2. The van der Waals surface area contributed by atoms with Gasteiger partial charge in [0, 0.05) is 17.5 Å². The molecule has 2 unspecified atom stereocenters. The van der Waals surface area contributed by atoms with E-state index in [0.717, 1.165) is 10.9 Å². The highest BCUT2D eigenvalue weighted by atomic mass is 16.5. The molecule has 2 atom stereocenters. The number of carboxylic acid groups (broad SMARTS) is 1. The van der Waals surface area contributed by atoms with E-state index in [0.29, 0.717) is 23.3 Å². The lowest BCUT2D eigenvalue weighted by Crippen LogP contribution is -2.41. The van der Waals surface area contributed by atoms with Gasteiger partial charge in [0.05, 0.1) is 0 Å². The first-order valence-electron chi connectivity index (χ1n) is 9.20. The number of ether oxygens (including phenoxy) is 1. The Bertz CT molecular complexity index is 1090. The van der Waals surface area contributed by atoms with Crippen LogP contribution in [0.3, 0.4) is 0 Å². The number of hydrogen-bond acceptors (Lipinski definition) is 5. The Hall–Kier alpha value is -3.61. The average molecular weight is 395 g/mol. The molecule has 7 heteroatoms. The van der Waals surface area contributed by atoms with Crippen LogP contribution in [0.25, 0.3) is 11.0 Å². The van der Waals surface area contributed by atoms with Gasteiger partial charge in [-0.15, -0.1) is 0 Å². The van der Waals surface area contributed by atoms with Gasteiger partial charge in [-0.3, -0.25) is 4.79 Å². The van der Waals surface area contributed by atoms with Crippen LogP contribution in [0.2, 0.25) is 0 Å². The van der Waals surface area contributed by atoms with Gasteiger partial charge in [-0.1, -0.05) is 37.3 Å². The second kappa shape index (κ2) is 8.60. The van der Waals surface area contributed by atoms with Crippen molar-refractivity contribution in [2.75, 3.05) is 0 Å². The molecule has 3 aromatic rings. The SMILES string of the molecule is CCc1cc(=O)oc2cc(OC(C)C(=O)NC(C(=O)O)c3ccccc3)ccc12. The number of aliphatic carboxylic acids is 1. The molecule has 0 aliphatic heterocycles. The van der Waals surface area contributed by atoms with Crippen molar-refractivity contribution < 1.29 is 23.8 Å². The van der Waals surface area contributed by atoms with Crippen molar-refractivity contribution in [1.82, 2.24) is 5.32 Å². The summed E-state index contributed by atoms with van der Waals surface area (Å²) in [5.74, 6) is -1.41. The summed E-state index contributed by atoms with van der Waals surface area (Å²) < 4.78 is 10.9. The molecule has 1 heterocycles. The highest BCUT2D eigenvalue weighted by molar-refractivity contribution is 5.87. The molecule has 0 radical (unpaired) electrons. The van der Waals surface area contributed by atoms with Gasteiger partial charge in [0.15, 0.2) is 12.1 Å². The maximum atomic E-state index is 12.5. The molecule has 0 bridgehead atoms. The molecule has 1 aromatic heterocycles. The predicted molar refractivity (Wildman–Crippen MR) is 107 cm³/mol. The Morgan fingerprint density at radius 2 is 1.86 bits per heavy atom. The Morgan fingerprint density at radius 1 is 1.14 bits per heavy atom. The first-order valence-corrected chi connectivity index (χ1v) is 9.20. The van der Waals surface area contributed by atoms with Crippen LogP contribution in [-0.2, 0) is 16.0 Å². The lowest BCUT2D eigenvalue weighted by Gasteiger charge is -2.19. The second-order valence-corrected chi connectivity index (χ2v) is 6.55. The molecule has 3 rings (SSSR count). The van der Waals surface area contributed by atoms with Gasteiger partial charge in [0.1, 0.15) is 11.3 Å². The van der Waals surface area contributed by atoms with Crippen molar-refractivity contribution in [1.29, 1.82) is 0 Å². The largest absolute Gasteiger partial charge is 0.481 e. The molecule has 0 spiro atoms. The van der Waals surface area contributed by atoms with Gasteiger partial charge in [0.2, 0.25) is 0 Å². The molecule has 0 saturated carbocycles. The van der Waals surface area contributed by atoms with E-state index in [-0.39, 0.29) is 0 Å². The lowest BCUT2D eigenvalue weighted by molar-refractivity contribution is -0.143. The minimum atomic E-state index is -1.18. The summed E-state index contributed by atoms with van der Waals surface area (Å²) in [6.07, 6.45) is -0.281. The van der Waals surface area contributed by atoms with E-state index < -0.39 is 29.6 Å². The van der Waals surface area contributed by atoms with E-state index >= 15 is 0 Å². The molecule has 2 aromatic carbocycles. The molecular formula is C22H21NO6. The van der Waals surface area contributed by atoms with Gasteiger partial charge in [-0.25, -0.2) is 9.59 Å². The summed E-state index contributed by atoms with van der Waals surface area (Å²) in [5.41, 5.74) is 1.23. The summed E-state index contributed by atoms with van der Waals surface area (Å²) in [4.78, 5) is 35.7. The predicted octanol–water partition coefficient (Wildman–Crippen LogP) is 3.06. The van der Waals surface area contributed by atoms with Crippen molar-refractivity contribution in [3.8, 4) is 5.75 Å². The highest BCUT2D eigenvalue weighted by Crippen LogP contribution is 2.24. The monoisotopic (exact) mass is 395 g/mol. The third-order valence-corrected chi connectivity index (χ3v) is 4.53. The molecule has 29 heavy (non-hydrogen) atoms. The van der Waals surface area contributed by atoms with Gasteiger partial charge >= 0.3 is 11.6 Å². The summed E-state index contributed by atoms with van der Waals surface area (Å²) in [5, 5.41) is 12.7. The van der Waals surface area contributed by atoms with E-state index in [1.165, 1.54) is 13.0 Å². The minimum Gasteiger partial charge on any atom is -0.481 e. The average Bonchev–Trinajstić information content (AvgIpc) is 2.71. The van der Waals surface area contributed by atoms with Gasteiger partial charge in [0.25, 0.3) is 5.91 Å². The Labute approximate surface area is 166 Å². The fourth-order valence-electron chi connectivity index (χ4n) is 3.03. The first kappa shape index (κ1) is 20.1. The Balaban J connectivity index is 1.77. The van der Waals surface area contributed by atoms with Crippen LogP contribution in [0.1, 0.15) is 31.0 Å². The van der Waals surface area contributed by atoms with E-state index in [4.69, 9.17) is 9.15 Å². The number of amides is 1. The number of carboxylic acids is 1. The van der Waals surface area contributed by atoms with Crippen molar-refractivity contribution in [2.24, 2.45) is 0 Å². The normalized spacial score (nSPS) is 12.9. The number of carbonyl (C=O) groups is 2. The molecular weight excluding hydrogens is 374 g/mol. The summed E-state index contributed by atoms with van der Waals surface area (Å²) in [6, 6.07) is 13.7. The summed E-state index contributed by atoms with van der Waals surface area (Å²) >= 11 is 0. The van der Waals surface area contributed by atoms with E-state index in [9.17, 15) is 19.5 Å². The molecule has 2 N–H and O–H groups in total. The van der Waals surface area contributed by atoms with Crippen LogP contribution < -0.4 is 15.7 Å². The summed E-state index contributed by atoms with van der Waals surface area (Å²) in [7, 11) is 0. The van der Waals surface area contributed by atoms with Crippen molar-refractivity contribution in [3.05, 3.63) is 76.1 Å². The molecule has 0 fully saturated rings. The van der Waals surface area contributed by atoms with Gasteiger partial charge in [-0.05, 0) is 36.6 Å². The van der Waals surface area contributed by atoms with Crippen LogP contribution in [0.15, 0.2) is 63.8 Å². The molecule has 0 aliphatic rings. The van der Waals surface area contributed by atoms with Gasteiger partial charge < -0.3 is 19.6 Å². The quantitative estimate of drug-likeness (QED) is 0.596. The molecule has 0 saturated heterocycles. The van der Waals surface area contributed by atoms with Crippen LogP contribution in [0, 0.1) is 0 Å². The number of hydrogen-bond donors (Lipinski definition) is 2. The van der Waals surface area contributed by atoms with Crippen molar-refractivity contribution >= 4 is 22.8 Å². The number of nitrogens with one attached hydrogen (secondary N) is 1. The topological polar surface area (TPSA) is 106 Å². The third-order valence-electron chi connectivity index (χ3n) is 4.53. The maximum Gasteiger partial charge on any atom is 0.336 e. The van der Waals surface area contributed by atoms with Crippen LogP contribution in [-0.4, -0.2) is 23.1 Å². The van der Waals surface area contributed by atoms with E-state index in [2.05, 4.69) is 5.32 Å². The lowest BCUT2D eigenvalue weighted by atomic mass is 10.1. The molecule has 150 valence electrons. The Kier molecular flexibility index (Phi) is 5.97. The summed E-state index contributed by atoms with van der Waals surface area (Å²) in [6.45, 7) is 3.46. The Morgan fingerprint density at radius 3 is 2.52 bits per heavy atom. The third kappa shape index (κ3) is 4.63. The number of rotatable bonds is 7. The van der Waals surface area contributed by atoms with Crippen LogP contribution in [0.5, 0.6) is 5.75 Å². The van der Waals surface area contributed by atoms with Crippen molar-refractivity contribution in [2.45, 2.75) is 32.4 Å². The van der Waals surface area contributed by atoms with Crippen molar-refractivity contribution in [3.63, 3.8) is 0 Å². The van der Waals surface area contributed by atoms with E-state index in [1.54, 1.807) is 48.5 Å². The zero-order valence-electron chi connectivity index (χ0n) is 16.0. The second-order valence-electron chi connectivity index (χ2n) is 6.55.